The van der Waals surface area contributed by atoms with Gasteiger partial charge in [-0.1, -0.05) is 18.2 Å². The number of carboxylic acids is 1. The van der Waals surface area contributed by atoms with Gasteiger partial charge in [-0.3, -0.25) is 9.69 Å². The SMILES string of the molecule is CN(CCc1ccccc1F)CC(=O)O. The molecule has 0 radical (unpaired) electrons. The summed E-state index contributed by atoms with van der Waals surface area (Å²) >= 11 is 0. The number of carboxylic acid groups (broad SMARTS) is 1. The molecule has 4 heteroatoms. The van der Waals surface area contributed by atoms with Crippen LogP contribution in [0.4, 0.5) is 4.39 Å². The van der Waals surface area contributed by atoms with Crippen LogP contribution in [0.3, 0.4) is 0 Å². The summed E-state index contributed by atoms with van der Waals surface area (Å²) in [6.45, 7) is 0.516. The van der Waals surface area contributed by atoms with E-state index in [-0.39, 0.29) is 12.4 Å². The third-order valence-electron chi connectivity index (χ3n) is 2.13. The molecule has 0 aliphatic heterocycles. The van der Waals surface area contributed by atoms with Crippen molar-refractivity contribution in [3.63, 3.8) is 0 Å². The van der Waals surface area contributed by atoms with Crippen LogP contribution in [-0.4, -0.2) is 36.1 Å². The van der Waals surface area contributed by atoms with E-state index in [9.17, 15) is 9.18 Å². The predicted molar refractivity (Wildman–Crippen MR) is 55.2 cm³/mol. The second-order valence-electron chi connectivity index (χ2n) is 3.47. The van der Waals surface area contributed by atoms with E-state index in [1.807, 2.05) is 0 Å². The maximum Gasteiger partial charge on any atom is 0.317 e. The molecule has 82 valence electrons. The van der Waals surface area contributed by atoms with E-state index in [0.29, 0.717) is 18.5 Å². The van der Waals surface area contributed by atoms with Crippen molar-refractivity contribution in [3.8, 4) is 0 Å². The lowest BCUT2D eigenvalue weighted by Crippen LogP contribution is -2.27. The van der Waals surface area contributed by atoms with Crippen molar-refractivity contribution < 1.29 is 14.3 Å². The van der Waals surface area contributed by atoms with E-state index in [1.54, 1.807) is 30.1 Å². The van der Waals surface area contributed by atoms with Crippen molar-refractivity contribution in [2.45, 2.75) is 6.42 Å². The lowest BCUT2D eigenvalue weighted by molar-refractivity contribution is -0.137. The number of benzene rings is 1. The minimum atomic E-state index is -0.869. The van der Waals surface area contributed by atoms with Crippen LogP contribution >= 0.6 is 0 Å². The molecule has 1 rings (SSSR count). The average molecular weight is 211 g/mol. The topological polar surface area (TPSA) is 40.5 Å². The van der Waals surface area contributed by atoms with E-state index in [1.165, 1.54) is 6.07 Å². The molecule has 0 aliphatic rings. The molecule has 1 N–H and O–H groups in total. The second-order valence-corrected chi connectivity index (χ2v) is 3.47. The van der Waals surface area contributed by atoms with E-state index >= 15 is 0 Å². The summed E-state index contributed by atoms with van der Waals surface area (Å²) in [6, 6.07) is 6.53. The largest absolute Gasteiger partial charge is 0.480 e. The Morgan fingerprint density at radius 1 is 1.47 bits per heavy atom. The number of hydrogen-bond donors (Lipinski definition) is 1. The Hall–Kier alpha value is -1.42. The molecule has 15 heavy (non-hydrogen) atoms. The number of rotatable bonds is 5. The number of hydrogen-bond acceptors (Lipinski definition) is 2. The van der Waals surface area contributed by atoms with E-state index < -0.39 is 5.97 Å². The fourth-order valence-electron chi connectivity index (χ4n) is 1.32. The van der Waals surface area contributed by atoms with Crippen molar-refractivity contribution in [3.05, 3.63) is 35.6 Å². The molecule has 0 unspecified atom stereocenters. The third kappa shape index (κ3) is 4.08. The molecule has 0 spiro atoms. The van der Waals surface area contributed by atoms with Gasteiger partial charge in [0.25, 0.3) is 0 Å². The van der Waals surface area contributed by atoms with Gasteiger partial charge in [-0.05, 0) is 25.1 Å². The zero-order valence-electron chi connectivity index (χ0n) is 8.61. The number of halogens is 1. The van der Waals surface area contributed by atoms with Gasteiger partial charge in [0.05, 0.1) is 6.54 Å². The van der Waals surface area contributed by atoms with Gasteiger partial charge in [0.15, 0.2) is 0 Å². The van der Waals surface area contributed by atoms with Gasteiger partial charge in [0.1, 0.15) is 5.82 Å². The second kappa shape index (κ2) is 5.46. The summed E-state index contributed by atoms with van der Waals surface area (Å²) in [5.74, 6) is -1.10. The van der Waals surface area contributed by atoms with Crippen LogP contribution in [0.1, 0.15) is 5.56 Å². The highest BCUT2D eigenvalue weighted by molar-refractivity contribution is 5.68. The Balaban J connectivity index is 2.43. The van der Waals surface area contributed by atoms with Crippen molar-refractivity contribution in [2.24, 2.45) is 0 Å². The first-order valence-electron chi connectivity index (χ1n) is 4.73. The molecule has 0 bridgehead atoms. The molecular formula is C11H14FNO2. The standard InChI is InChI=1S/C11H14FNO2/c1-13(8-11(14)15)7-6-9-4-2-3-5-10(9)12/h2-5H,6-8H2,1H3,(H,14,15). The zero-order valence-corrected chi connectivity index (χ0v) is 8.61. The summed E-state index contributed by atoms with van der Waals surface area (Å²) in [4.78, 5) is 12.0. The van der Waals surface area contributed by atoms with Crippen molar-refractivity contribution in [1.29, 1.82) is 0 Å². The Bertz CT molecular complexity index is 341. The molecule has 3 nitrogen and oxygen atoms in total. The quantitative estimate of drug-likeness (QED) is 0.800. The van der Waals surface area contributed by atoms with Crippen LogP contribution in [0.15, 0.2) is 24.3 Å². The first-order valence-corrected chi connectivity index (χ1v) is 4.73. The van der Waals surface area contributed by atoms with Crippen LogP contribution in [-0.2, 0) is 11.2 Å². The third-order valence-corrected chi connectivity index (χ3v) is 2.13. The molecule has 1 aromatic carbocycles. The Labute approximate surface area is 88.1 Å². The van der Waals surface area contributed by atoms with Crippen molar-refractivity contribution in [2.75, 3.05) is 20.1 Å². The molecule has 1 aromatic rings. The highest BCUT2D eigenvalue weighted by atomic mass is 19.1. The van der Waals surface area contributed by atoms with Crippen molar-refractivity contribution in [1.82, 2.24) is 4.90 Å². The molecule has 0 atom stereocenters. The van der Waals surface area contributed by atoms with Gasteiger partial charge in [-0.2, -0.15) is 0 Å². The van der Waals surface area contributed by atoms with Crippen molar-refractivity contribution >= 4 is 5.97 Å². The van der Waals surface area contributed by atoms with E-state index in [0.717, 1.165) is 0 Å². The maximum absolute atomic E-state index is 13.2. The number of likely N-dealkylation sites (N-methyl/N-ethyl adjacent to an activating group) is 1. The van der Waals surface area contributed by atoms with Gasteiger partial charge in [0.2, 0.25) is 0 Å². The van der Waals surface area contributed by atoms with Gasteiger partial charge in [-0.15, -0.1) is 0 Å². The molecule has 0 aromatic heterocycles. The first-order chi connectivity index (χ1) is 7.09. The normalized spacial score (nSPS) is 10.6. The lowest BCUT2D eigenvalue weighted by atomic mass is 10.1. The molecule has 0 amide bonds. The lowest BCUT2D eigenvalue weighted by Gasteiger charge is -2.13. The van der Waals surface area contributed by atoms with E-state index in [4.69, 9.17) is 5.11 Å². The summed E-state index contributed by atoms with van der Waals surface area (Å²) in [6.07, 6.45) is 0.524. The van der Waals surface area contributed by atoms with Gasteiger partial charge in [0, 0.05) is 6.54 Å². The fourth-order valence-corrected chi connectivity index (χ4v) is 1.32. The molecule has 0 fully saturated rings. The van der Waals surface area contributed by atoms with Gasteiger partial charge < -0.3 is 5.11 Å². The van der Waals surface area contributed by atoms with Gasteiger partial charge in [-0.25, -0.2) is 4.39 Å². The highest BCUT2D eigenvalue weighted by Gasteiger charge is 2.06. The van der Waals surface area contributed by atoms with Crippen LogP contribution in [0.25, 0.3) is 0 Å². The minimum Gasteiger partial charge on any atom is -0.480 e. The smallest absolute Gasteiger partial charge is 0.317 e. The fraction of sp³-hybridized carbons (Fsp3) is 0.364. The summed E-state index contributed by atoms with van der Waals surface area (Å²) in [7, 11) is 1.70. The number of carbonyl (C=O) groups is 1. The predicted octanol–water partition coefficient (Wildman–Crippen LogP) is 1.38. The Kier molecular flexibility index (Phi) is 4.24. The molecular weight excluding hydrogens is 197 g/mol. The summed E-state index contributed by atoms with van der Waals surface area (Å²) in [5.41, 5.74) is 0.620. The van der Waals surface area contributed by atoms with Crippen LogP contribution < -0.4 is 0 Å². The minimum absolute atomic E-state index is 0.0194. The molecule has 0 saturated heterocycles. The number of aliphatic carboxylic acids is 1. The van der Waals surface area contributed by atoms with Crippen LogP contribution in [0, 0.1) is 5.82 Å². The Morgan fingerprint density at radius 2 is 2.13 bits per heavy atom. The average Bonchev–Trinajstić information content (AvgIpc) is 2.15. The molecule has 0 saturated carbocycles. The molecule has 0 heterocycles. The summed E-state index contributed by atoms with van der Waals surface area (Å²) in [5, 5.41) is 8.52. The summed E-state index contributed by atoms with van der Waals surface area (Å²) < 4.78 is 13.2. The zero-order chi connectivity index (χ0) is 11.3. The first kappa shape index (κ1) is 11.7. The van der Waals surface area contributed by atoms with Crippen LogP contribution in [0.5, 0.6) is 0 Å². The van der Waals surface area contributed by atoms with E-state index in [2.05, 4.69) is 0 Å². The monoisotopic (exact) mass is 211 g/mol. The maximum atomic E-state index is 13.2. The highest BCUT2D eigenvalue weighted by Crippen LogP contribution is 2.07. The van der Waals surface area contributed by atoms with Gasteiger partial charge >= 0.3 is 5.97 Å². The van der Waals surface area contributed by atoms with Crippen LogP contribution in [0.2, 0.25) is 0 Å². The number of nitrogens with zero attached hydrogens (tertiary/aromatic N) is 1. The molecule has 0 aliphatic carbocycles. The Morgan fingerprint density at radius 3 is 2.73 bits per heavy atom.